The molecule has 0 fully saturated rings. The quantitative estimate of drug-likeness (QED) is 0.167. The van der Waals surface area contributed by atoms with Crippen LogP contribution in [-0.4, -0.2) is 4.98 Å². The monoisotopic (exact) mass is 835 g/mol. The van der Waals surface area contributed by atoms with Gasteiger partial charge in [0, 0.05) is 36.9 Å². The topological polar surface area (TPSA) is 31.4 Å². The molecule has 0 spiro atoms. The van der Waals surface area contributed by atoms with Crippen molar-refractivity contribution in [3.8, 4) is 78.9 Å². The lowest BCUT2D eigenvalue weighted by Gasteiger charge is -2.34. The molecule has 0 amide bonds. The van der Waals surface area contributed by atoms with Crippen LogP contribution >= 0.6 is 11.3 Å². The first-order valence-corrected chi connectivity index (χ1v) is 22.5. The van der Waals surface area contributed by atoms with Gasteiger partial charge in [-0.05, 0) is 98.6 Å². The van der Waals surface area contributed by atoms with E-state index in [4.69, 9.17) is 14.5 Å². The highest BCUT2D eigenvalue weighted by Crippen LogP contribution is 2.62. The zero-order valence-corrected chi connectivity index (χ0v) is 35.4. The summed E-state index contributed by atoms with van der Waals surface area (Å²) in [7, 11) is 0. The van der Waals surface area contributed by atoms with E-state index in [0.29, 0.717) is 17.2 Å². The van der Waals surface area contributed by atoms with E-state index in [1.54, 1.807) is 0 Å². The van der Waals surface area contributed by atoms with Crippen LogP contribution in [0.5, 0.6) is 23.0 Å². The van der Waals surface area contributed by atoms with E-state index < -0.39 is 5.41 Å². The molecular formula is C60H37NO2S. The third-order valence-electron chi connectivity index (χ3n) is 13.0. The minimum absolute atomic E-state index is 0.534. The lowest BCUT2D eigenvalue weighted by Crippen LogP contribution is -2.28. The third-order valence-corrected chi connectivity index (χ3v) is 14.1. The van der Waals surface area contributed by atoms with Gasteiger partial charge in [-0.2, -0.15) is 0 Å². The molecule has 11 aromatic rings. The molecule has 0 atom stereocenters. The number of nitrogens with zero attached hydrogens (tertiary/aromatic N) is 1. The number of pyridine rings is 1. The smallest absolute Gasteiger partial charge is 0.178 e. The molecule has 300 valence electrons. The van der Waals surface area contributed by atoms with Gasteiger partial charge in [-0.1, -0.05) is 176 Å². The van der Waals surface area contributed by atoms with Crippen LogP contribution in [0.25, 0.3) is 76.1 Å². The molecule has 2 aliphatic rings. The van der Waals surface area contributed by atoms with Crippen LogP contribution in [0.2, 0.25) is 0 Å². The first kappa shape index (κ1) is 36.6. The van der Waals surface area contributed by atoms with Crippen molar-refractivity contribution in [1.82, 2.24) is 4.98 Å². The number of ether oxygens (including phenoxy) is 2. The lowest BCUT2D eigenvalue weighted by molar-refractivity contribution is 0.360. The van der Waals surface area contributed by atoms with Crippen LogP contribution in [-0.2, 0) is 5.41 Å². The average Bonchev–Trinajstić information content (AvgIpc) is 3.90. The van der Waals surface area contributed by atoms with Gasteiger partial charge < -0.3 is 9.47 Å². The minimum Gasteiger partial charge on any atom is -0.449 e. The number of aromatic nitrogens is 1. The standard InChI is InChI=1S/C60H37NO2S/c1-4-15-38(16-5-1)51-34-43(35-52(61-51)42-27-29-47-46-23-11-13-26-56(46)64-57(47)37-42)40-18-14-17-39(33-40)41-28-31-53-55(36-41)63-59-54(62-53)32-30-50-58(59)48-24-10-12-25-49(48)60(50,44-19-6-2-7-20-44)45-21-8-3-9-22-45/h1-37H. The molecule has 0 bridgehead atoms. The second kappa shape index (κ2) is 14.5. The van der Waals surface area contributed by atoms with Crippen LogP contribution in [0.4, 0.5) is 0 Å². The van der Waals surface area contributed by atoms with Crippen LogP contribution < -0.4 is 9.47 Å². The Kier molecular flexibility index (Phi) is 8.30. The minimum atomic E-state index is -0.534. The van der Waals surface area contributed by atoms with Crippen molar-refractivity contribution >= 4 is 31.5 Å². The largest absolute Gasteiger partial charge is 0.449 e. The maximum atomic E-state index is 7.07. The molecule has 4 heteroatoms. The fourth-order valence-corrected chi connectivity index (χ4v) is 11.3. The van der Waals surface area contributed by atoms with E-state index in [1.807, 2.05) is 23.5 Å². The van der Waals surface area contributed by atoms with E-state index in [9.17, 15) is 0 Å². The van der Waals surface area contributed by atoms with Gasteiger partial charge in [-0.3, -0.25) is 0 Å². The highest BCUT2D eigenvalue weighted by molar-refractivity contribution is 7.25. The van der Waals surface area contributed by atoms with Crippen molar-refractivity contribution in [2.45, 2.75) is 5.41 Å². The Bertz CT molecular complexity index is 3580. The molecule has 2 aromatic heterocycles. The molecule has 3 nitrogen and oxygen atoms in total. The second-order valence-corrected chi connectivity index (χ2v) is 17.7. The Morgan fingerprint density at radius 3 is 1.77 bits per heavy atom. The van der Waals surface area contributed by atoms with E-state index in [1.165, 1.54) is 42.4 Å². The zero-order valence-electron chi connectivity index (χ0n) is 34.5. The predicted octanol–water partition coefficient (Wildman–Crippen LogP) is 16.4. The van der Waals surface area contributed by atoms with Gasteiger partial charge in [-0.15, -0.1) is 11.3 Å². The van der Waals surface area contributed by atoms with Crippen molar-refractivity contribution < 1.29 is 9.47 Å². The molecule has 64 heavy (non-hydrogen) atoms. The van der Waals surface area contributed by atoms with Gasteiger partial charge in [0.15, 0.2) is 23.0 Å². The normalized spacial score (nSPS) is 13.1. The first-order chi connectivity index (χ1) is 31.7. The summed E-state index contributed by atoms with van der Waals surface area (Å²) >= 11 is 1.83. The number of hydrogen-bond donors (Lipinski definition) is 0. The predicted molar refractivity (Wildman–Crippen MR) is 263 cm³/mol. The van der Waals surface area contributed by atoms with Crippen molar-refractivity contribution in [3.05, 3.63) is 247 Å². The maximum Gasteiger partial charge on any atom is 0.178 e. The van der Waals surface area contributed by atoms with Gasteiger partial charge in [-0.25, -0.2) is 4.98 Å². The molecule has 3 heterocycles. The summed E-state index contributed by atoms with van der Waals surface area (Å²) < 4.78 is 16.3. The molecule has 0 saturated heterocycles. The second-order valence-electron chi connectivity index (χ2n) is 16.6. The van der Waals surface area contributed by atoms with Gasteiger partial charge in [0.1, 0.15) is 0 Å². The van der Waals surface area contributed by atoms with Crippen LogP contribution in [0, 0.1) is 0 Å². The molecule has 0 saturated carbocycles. The lowest BCUT2D eigenvalue weighted by atomic mass is 9.68. The van der Waals surface area contributed by atoms with Crippen LogP contribution in [0.3, 0.4) is 0 Å². The highest BCUT2D eigenvalue weighted by atomic mass is 32.1. The Morgan fingerprint density at radius 1 is 0.359 bits per heavy atom. The van der Waals surface area contributed by atoms with Crippen LogP contribution in [0.15, 0.2) is 224 Å². The summed E-state index contributed by atoms with van der Waals surface area (Å²) in [6.45, 7) is 0. The summed E-state index contributed by atoms with van der Waals surface area (Å²) in [5.41, 5.74) is 14.9. The van der Waals surface area contributed by atoms with Gasteiger partial charge >= 0.3 is 0 Å². The Balaban J connectivity index is 0.903. The third kappa shape index (κ3) is 5.70. The number of rotatable bonds is 6. The van der Waals surface area contributed by atoms with E-state index in [-0.39, 0.29) is 0 Å². The zero-order chi connectivity index (χ0) is 42.2. The summed E-state index contributed by atoms with van der Waals surface area (Å²) in [6.07, 6.45) is 0. The maximum absolute atomic E-state index is 7.07. The molecule has 13 rings (SSSR count). The fourth-order valence-electron chi connectivity index (χ4n) is 10.1. The fraction of sp³-hybridized carbons (Fsp3) is 0.0167. The number of benzene rings is 9. The summed E-state index contributed by atoms with van der Waals surface area (Å²) in [5, 5.41) is 2.57. The first-order valence-electron chi connectivity index (χ1n) is 21.7. The Hall–Kier alpha value is -8.05. The molecule has 0 unspecified atom stereocenters. The number of fused-ring (bicyclic) bond motifs is 9. The molecule has 1 aliphatic carbocycles. The molecule has 0 N–H and O–H groups in total. The van der Waals surface area contributed by atoms with E-state index in [0.717, 1.165) is 61.6 Å². The number of thiophene rings is 1. The van der Waals surface area contributed by atoms with Gasteiger partial charge in [0.05, 0.1) is 16.8 Å². The van der Waals surface area contributed by atoms with Gasteiger partial charge in [0.2, 0.25) is 0 Å². The number of hydrogen-bond acceptors (Lipinski definition) is 4. The summed E-state index contributed by atoms with van der Waals surface area (Å²) in [5.74, 6) is 2.83. The van der Waals surface area contributed by atoms with E-state index >= 15 is 0 Å². The average molecular weight is 836 g/mol. The molecule has 1 aliphatic heterocycles. The molecule has 0 radical (unpaired) electrons. The highest BCUT2D eigenvalue weighted by Gasteiger charge is 2.48. The van der Waals surface area contributed by atoms with Crippen molar-refractivity contribution in [2.75, 3.05) is 0 Å². The van der Waals surface area contributed by atoms with Crippen molar-refractivity contribution in [3.63, 3.8) is 0 Å². The molecular weight excluding hydrogens is 799 g/mol. The summed E-state index contributed by atoms with van der Waals surface area (Å²) in [4.78, 5) is 5.26. The van der Waals surface area contributed by atoms with Gasteiger partial charge in [0.25, 0.3) is 0 Å². The summed E-state index contributed by atoms with van der Waals surface area (Å²) in [6, 6.07) is 80.0. The van der Waals surface area contributed by atoms with Crippen LogP contribution in [0.1, 0.15) is 22.3 Å². The Labute approximate surface area is 375 Å². The molecule has 9 aromatic carbocycles. The van der Waals surface area contributed by atoms with E-state index in [2.05, 4.69) is 212 Å². The Morgan fingerprint density at radius 2 is 0.969 bits per heavy atom. The van der Waals surface area contributed by atoms with Crippen molar-refractivity contribution in [2.24, 2.45) is 0 Å². The SMILES string of the molecule is c1ccc(-c2cc(-c3cccc(-c4ccc5c(c4)Oc4c(ccc6c4-c4ccccc4C6(c4ccccc4)c4ccccc4)O5)c3)cc(-c3ccc4c(c3)sc3ccccc34)n2)cc1. The van der Waals surface area contributed by atoms with Crippen molar-refractivity contribution in [1.29, 1.82) is 0 Å².